The summed E-state index contributed by atoms with van der Waals surface area (Å²) in [6.07, 6.45) is 0. The Morgan fingerprint density at radius 2 is 2.31 bits per heavy atom. The lowest BCUT2D eigenvalue weighted by atomic mass is 10.4. The highest BCUT2D eigenvalue weighted by Crippen LogP contribution is 2.19. The van der Waals surface area contributed by atoms with Crippen LogP contribution < -0.4 is 0 Å². The van der Waals surface area contributed by atoms with E-state index in [1.54, 1.807) is 0 Å². The molecule has 0 saturated heterocycles. The van der Waals surface area contributed by atoms with Crippen LogP contribution in [-0.4, -0.2) is 25.9 Å². The van der Waals surface area contributed by atoms with Crippen molar-refractivity contribution in [3.8, 4) is 0 Å². The number of methoxy groups -OCH3 is 1. The lowest BCUT2D eigenvalue weighted by Gasteiger charge is -1.94. The summed E-state index contributed by atoms with van der Waals surface area (Å²) >= 11 is 0.667. The van der Waals surface area contributed by atoms with Crippen molar-refractivity contribution in [2.24, 2.45) is 0 Å². The van der Waals surface area contributed by atoms with Crippen LogP contribution in [0.4, 0.5) is 3.89 Å². The maximum atomic E-state index is 12.4. The van der Waals surface area contributed by atoms with Crippen LogP contribution in [0.1, 0.15) is 10.5 Å². The van der Waals surface area contributed by atoms with Crippen LogP contribution in [0.2, 0.25) is 0 Å². The van der Waals surface area contributed by atoms with Crippen LogP contribution in [0.5, 0.6) is 0 Å². The highest BCUT2D eigenvalue weighted by Gasteiger charge is 2.25. The Morgan fingerprint density at radius 1 is 1.69 bits per heavy atom. The molecule has 72 valence electrons. The summed E-state index contributed by atoms with van der Waals surface area (Å²) < 4.78 is 40.9. The molecule has 0 saturated carbocycles. The standard InChI is InChI=1S/C5H4FNO4S2/c1-11-5(8)4-3(2-12-7-4)13(6,9)10/h2H,1H3. The Hall–Kier alpha value is -1.02. The summed E-state index contributed by atoms with van der Waals surface area (Å²) in [6, 6.07) is 0. The van der Waals surface area contributed by atoms with Gasteiger partial charge in [0.15, 0.2) is 5.69 Å². The third-order valence-corrected chi connectivity index (χ3v) is 2.79. The van der Waals surface area contributed by atoms with Crippen molar-refractivity contribution >= 4 is 27.7 Å². The predicted molar refractivity (Wildman–Crippen MR) is 41.7 cm³/mol. The van der Waals surface area contributed by atoms with Gasteiger partial charge in [-0.15, -0.1) is 3.89 Å². The average molecular weight is 225 g/mol. The van der Waals surface area contributed by atoms with Gasteiger partial charge in [0, 0.05) is 5.38 Å². The van der Waals surface area contributed by atoms with Crippen molar-refractivity contribution in [2.75, 3.05) is 7.11 Å². The number of esters is 1. The molecule has 1 aromatic heterocycles. The summed E-state index contributed by atoms with van der Waals surface area (Å²) in [5.41, 5.74) is -0.519. The van der Waals surface area contributed by atoms with Crippen molar-refractivity contribution in [2.45, 2.75) is 4.90 Å². The number of carbonyl (C=O) groups excluding carboxylic acids is 1. The molecule has 0 amide bonds. The summed E-state index contributed by atoms with van der Waals surface area (Å²) in [7, 11) is -3.85. The summed E-state index contributed by atoms with van der Waals surface area (Å²) in [5, 5.41) is 0.932. The highest BCUT2D eigenvalue weighted by atomic mass is 32.3. The van der Waals surface area contributed by atoms with Crippen LogP contribution >= 0.6 is 11.5 Å². The van der Waals surface area contributed by atoms with Crippen molar-refractivity contribution in [1.82, 2.24) is 4.37 Å². The second-order valence-electron chi connectivity index (χ2n) is 1.96. The van der Waals surface area contributed by atoms with Crippen molar-refractivity contribution in [1.29, 1.82) is 0 Å². The Balaban J connectivity index is 3.26. The molecule has 0 aliphatic heterocycles. The molecule has 5 nitrogen and oxygen atoms in total. The maximum Gasteiger partial charge on any atom is 0.359 e. The topological polar surface area (TPSA) is 73.3 Å². The van der Waals surface area contributed by atoms with Crippen LogP contribution in [0.15, 0.2) is 10.3 Å². The molecule has 1 heterocycles. The van der Waals surface area contributed by atoms with Crippen LogP contribution in [0, 0.1) is 0 Å². The number of aromatic nitrogens is 1. The van der Waals surface area contributed by atoms with E-state index in [-0.39, 0.29) is 0 Å². The molecule has 0 atom stereocenters. The molecule has 8 heteroatoms. The first kappa shape index (κ1) is 10.1. The molecule has 1 rings (SSSR count). The Morgan fingerprint density at radius 3 is 2.77 bits per heavy atom. The van der Waals surface area contributed by atoms with E-state index in [0.29, 0.717) is 11.5 Å². The number of halogens is 1. The van der Waals surface area contributed by atoms with E-state index >= 15 is 0 Å². The summed E-state index contributed by atoms with van der Waals surface area (Å²) in [6.45, 7) is 0. The molecule has 0 radical (unpaired) electrons. The van der Waals surface area contributed by atoms with E-state index in [1.165, 1.54) is 0 Å². The third kappa shape index (κ3) is 2.01. The van der Waals surface area contributed by atoms with Gasteiger partial charge in [0.1, 0.15) is 4.90 Å². The van der Waals surface area contributed by atoms with Gasteiger partial charge in [-0.25, -0.2) is 4.79 Å². The molecule has 0 aliphatic rings. The molecule has 0 bridgehead atoms. The van der Waals surface area contributed by atoms with E-state index in [0.717, 1.165) is 12.5 Å². The zero-order valence-electron chi connectivity index (χ0n) is 6.35. The van der Waals surface area contributed by atoms with E-state index in [1.807, 2.05) is 0 Å². The number of ether oxygens (including phenoxy) is 1. The molecule has 0 fully saturated rings. The van der Waals surface area contributed by atoms with Crippen LogP contribution in [0.3, 0.4) is 0 Å². The molecule has 0 spiro atoms. The lowest BCUT2D eigenvalue weighted by molar-refractivity contribution is 0.0590. The summed E-state index contributed by atoms with van der Waals surface area (Å²) in [5.74, 6) is -0.975. The van der Waals surface area contributed by atoms with E-state index in [2.05, 4.69) is 9.11 Å². The molecule has 0 aromatic carbocycles. The monoisotopic (exact) mass is 225 g/mol. The third-order valence-electron chi connectivity index (χ3n) is 1.18. The van der Waals surface area contributed by atoms with Gasteiger partial charge in [0.2, 0.25) is 0 Å². The van der Waals surface area contributed by atoms with E-state index < -0.39 is 26.8 Å². The number of hydrogen-bond acceptors (Lipinski definition) is 6. The van der Waals surface area contributed by atoms with Crippen LogP contribution in [-0.2, 0) is 15.0 Å². The first-order valence-corrected chi connectivity index (χ1v) is 5.16. The van der Waals surface area contributed by atoms with E-state index in [9.17, 15) is 17.1 Å². The fraction of sp³-hybridized carbons (Fsp3) is 0.200. The van der Waals surface area contributed by atoms with Crippen molar-refractivity contribution in [3.05, 3.63) is 11.1 Å². The molecule has 1 aromatic rings. The molecule has 0 N–H and O–H groups in total. The number of hydrogen-bond donors (Lipinski definition) is 0. The fourth-order valence-corrected chi connectivity index (χ4v) is 2.18. The van der Waals surface area contributed by atoms with Gasteiger partial charge >= 0.3 is 16.2 Å². The first-order valence-electron chi connectivity index (χ1n) is 2.94. The first-order chi connectivity index (χ1) is 5.96. The maximum absolute atomic E-state index is 12.4. The minimum Gasteiger partial charge on any atom is -0.464 e. The normalized spacial score (nSPS) is 11.2. The Labute approximate surface area is 77.5 Å². The predicted octanol–water partition coefficient (Wildman–Crippen LogP) is 0.588. The van der Waals surface area contributed by atoms with Crippen LogP contribution in [0.25, 0.3) is 0 Å². The molecular weight excluding hydrogens is 221 g/mol. The molecule has 13 heavy (non-hydrogen) atoms. The minimum atomic E-state index is -4.90. The second kappa shape index (κ2) is 3.38. The Kier molecular flexibility index (Phi) is 2.62. The second-order valence-corrected chi connectivity index (χ2v) is 3.90. The zero-order chi connectivity index (χ0) is 10.1. The fourth-order valence-electron chi connectivity index (χ4n) is 0.635. The highest BCUT2D eigenvalue weighted by molar-refractivity contribution is 7.86. The smallest absolute Gasteiger partial charge is 0.359 e. The van der Waals surface area contributed by atoms with Gasteiger partial charge in [-0.1, -0.05) is 0 Å². The lowest BCUT2D eigenvalue weighted by Crippen LogP contribution is -2.06. The van der Waals surface area contributed by atoms with Gasteiger partial charge in [-0.3, -0.25) is 0 Å². The number of rotatable bonds is 2. The van der Waals surface area contributed by atoms with Crippen molar-refractivity contribution < 1.29 is 21.8 Å². The van der Waals surface area contributed by atoms with Gasteiger partial charge < -0.3 is 4.74 Å². The average Bonchev–Trinajstić information content (AvgIpc) is 2.49. The number of nitrogens with zero attached hydrogens (tertiary/aromatic N) is 1. The minimum absolute atomic E-state index is 0.519. The van der Waals surface area contributed by atoms with Crippen molar-refractivity contribution in [3.63, 3.8) is 0 Å². The molecule has 0 aliphatic carbocycles. The van der Waals surface area contributed by atoms with Gasteiger partial charge in [0.25, 0.3) is 0 Å². The van der Waals surface area contributed by atoms with Gasteiger partial charge in [0.05, 0.1) is 7.11 Å². The Bertz CT molecular complexity index is 423. The quantitative estimate of drug-likeness (QED) is 0.544. The SMILES string of the molecule is COC(=O)c1nscc1S(=O)(=O)F. The van der Waals surface area contributed by atoms with E-state index in [4.69, 9.17) is 0 Å². The van der Waals surface area contributed by atoms with Gasteiger partial charge in [-0.2, -0.15) is 12.8 Å². The largest absolute Gasteiger partial charge is 0.464 e. The van der Waals surface area contributed by atoms with Gasteiger partial charge in [-0.05, 0) is 11.5 Å². The molecular formula is C5H4FNO4S2. The number of carbonyl (C=O) groups is 1. The molecule has 0 unspecified atom stereocenters. The zero-order valence-corrected chi connectivity index (χ0v) is 7.99. The summed E-state index contributed by atoms with van der Waals surface area (Å²) in [4.78, 5) is 10.1.